The van der Waals surface area contributed by atoms with Crippen LogP contribution in [-0.2, 0) is 14.3 Å². The molecule has 0 bridgehead atoms. The maximum absolute atomic E-state index is 11.7. The molecule has 0 aliphatic carbocycles. The van der Waals surface area contributed by atoms with Crippen molar-refractivity contribution >= 4 is 5.97 Å². The summed E-state index contributed by atoms with van der Waals surface area (Å²) in [6.07, 6.45) is 25.6. The van der Waals surface area contributed by atoms with Crippen molar-refractivity contribution in [3.63, 3.8) is 0 Å². The number of ether oxygens (including phenoxy) is 2. The third-order valence-electron chi connectivity index (χ3n) is 5.28. The molecule has 0 spiro atoms. The molecule has 0 aromatic rings. The van der Waals surface area contributed by atoms with Gasteiger partial charge in [-0.15, -0.1) is 0 Å². The predicted molar refractivity (Wildman–Crippen MR) is 120 cm³/mol. The van der Waals surface area contributed by atoms with Gasteiger partial charge in [-0.05, 0) is 32.6 Å². The van der Waals surface area contributed by atoms with Crippen molar-refractivity contribution in [2.24, 2.45) is 0 Å². The molecule has 1 atom stereocenters. The number of carbonyl (C=O) groups is 1. The quantitative estimate of drug-likeness (QED) is 0.110. The van der Waals surface area contributed by atoms with E-state index in [1.54, 1.807) is 13.0 Å². The number of esters is 1. The third-order valence-corrected chi connectivity index (χ3v) is 5.28. The molecule has 1 N–H and O–H groups in total. The van der Waals surface area contributed by atoms with Crippen LogP contribution in [0.25, 0.3) is 0 Å². The minimum absolute atomic E-state index is 0.0893. The van der Waals surface area contributed by atoms with E-state index in [0.29, 0.717) is 6.42 Å². The lowest BCUT2D eigenvalue weighted by molar-refractivity contribution is -0.142. The number of carbonyl (C=O) groups excluding carboxylic acids is 1. The summed E-state index contributed by atoms with van der Waals surface area (Å²) in [7, 11) is 0. The predicted octanol–water partition coefficient (Wildman–Crippen LogP) is 7.66. The molecular weight excluding hydrogens is 364 g/mol. The Morgan fingerprint density at radius 1 is 0.897 bits per heavy atom. The molecule has 0 aromatic heterocycles. The van der Waals surface area contributed by atoms with Crippen molar-refractivity contribution in [1.29, 1.82) is 0 Å². The molecule has 1 heterocycles. The van der Waals surface area contributed by atoms with Gasteiger partial charge in [0, 0.05) is 0 Å². The lowest BCUT2D eigenvalue weighted by atomic mass is 10.0. The lowest BCUT2D eigenvalue weighted by Crippen LogP contribution is -2.10. The topological polar surface area (TPSA) is 55.8 Å². The number of allylic oxidation sites excluding steroid dienone is 3. The van der Waals surface area contributed by atoms with E-state index in [4.69, 9.17) is 9.47 Å². The highest BCUT2D eigenvalue weighted by atomic mass is 16.6. The Kier molecular flexibility index (Phi) is 15.0. The number of hydrogen-bond donors (Lipinski definition) is 1. The summed E-state index contributed by atoms with van der Waals surface area (Å²) >= 11 is 0. The zero-order chi connectivity index (χ0) is 21.2. The van der Waals surface area contributed by atoms with Gasteiger partial charge in [-0.3, -0.25) is 0 Å². The van der Waals surface area contributed by atoms with E-state index in [-0.39, 0.29) is 11.5 Å². The van der Waals surface area contributed by atoms with Gasteiger partial charge in [-0.2, -0.15) is 0 Å². The Labute approximate surface area is 178 Å². The van der Waals surface area contributed by atoms with Gasteiger partial charge in [0.05, 0.1) is 6.26 Å². The molecule has 1 aliphatic rings. The Morgan fingerprint density at radius 3 is 2.03 bits per heavy atom. The van der Waals surface area contributed by atoms with Gasteiger partial charge in [-0.25, -0.2) is 4.79 Å². The van der Waals surface area contributed by atoms with Crippen molar-refractivity contribution < 1.29 is 19.4 Å². The largest absolute Gasteiger partial charge is 0.505 e. The summed E-state index contributed by atoms with van der Waals surface area (Å²) in [6, 6.07) is 0. The number of aliphatic hydroxyl groups excluding tert-OH is 1. The first-order valence-electron chi connectivity index (χ1n) is 11.8. The highest BCUT2D eigenvalue weighted by Crippen LogP contribution is 2.25. The van der Waals surface area contributed by atoms with Crippen LogP contribution < -0.4 is 0 Å². The highest BCUT2D eigenvalue weighted by Gasteiger charge is 2.35. The minimum Gasteiger partial charge on any atom is -0.505 e. The van der Waals surface area contributed by atoms with Crippen LogP contribution in [-0.4, -0.2) is 17.2 Å². The summed E-state index contributed by atoms with van der Waals surface area (Å²) in [4.78, 5) is 11.7. The maximum Gasteiger partial charge on any atom is 0.378 e. The van der Waals surface area contributed by atoms with Gasteiger partial charge in [0.2, 0.25) is 0 Å². The smallest absolute Gasteiger partial charge is 0.378 e. The molecule has 166 valence electrons. The number of rotatable bonds is 18. The Balaban J connectivity index is 1.95. The summed E-state index contributed by atoms with van der Waals surface area (Å²) in [5.41, 5.74) is 0. The van der Waals surface area contributed by atoms with E-state index < -0.39 is 12.1 Å². The van der Waals surface area contributed by atoms with Crippen LogP contribution in [0.15, 0.2) is 36.0 Å². The van der Waals surface area contributed by atoms with Crippen LogP contribution in [0.5, 0.6) is 0 Å². The van der Waals surface area contributed by atoms with Gasteiger partial charge < -0.3 is 14.6 Å². The van der Waals surface area contributed by atoms with Crippen molar-refractivity contribution in [3.8, 4) is 0 Å². The first-order chi connectivity index (χ1) is 14.2. The first-order valence-corrected chi connectivity index (χ1v) is 11.8. The molecular formula is C25H42O4. The summed E-state index contributed by atoms with van der Waals surface area (Å²) in [6.45, 7) is 4.04. The summed E-state index contributed by atoms with van der Waals surface area (Å²) < 4.78 is 10.2. The SMILES string of the molecule is CC=COC1=C(O)[C@H](CC/C=C\CCCCCCCCCCCCCC)OC1=O. The van der Waals surface area contributed by atoms with E-state index in [1.807, 2.05) is 0 Å². The molecule has 0 unspecified atom stereocenters. The second-order valence-electron chi connectivity index (χ2n) is 7.92. The first kappa shape index (κ1) is 25.3. The molecule has 1 rings (SSSR count). The van der Waals surface area contributed by atoms with E-state index in [2.05, 4.69) is 19.1 Å². The van der Waals surface area contributed by atoms with Crippen LogP contribution in [0.1, 0.15) is 110 Å². The molecule has 0 radical (unpaired) electrons. The average Bonchev–Trinajstić information content (AvgIpc) is 2.99. The van der Waals surface area contributed by atoms with Crippen molar-refractivity contribution in [1.82, 2.24) is 0 Å². The molecule has 0 saturated heterocycles. The summed E-state index contributed by atoms with van der Waals surface area (Å²) in [5, 5.41) is 10.0. The maximum atomic E-state index is 11.7. The van der Waals surface area contributed by atoms with Crippen molar-refractivity contribution in [2.45, 2.75) is 116 Å². The van der Waals surface area contributed by atoms with Gasteiger partial charge >= 0.3 is 5.97 Å². The molecule has 4 nitrogen and oxygen atoms in total. The fourth-order valence-electron chi connectivity index (χ4n) is 3.52. The minimum atomic E-state index is -0.592. The van der Waals surface area contributed by atoms with E-state index in [0.717, 1.165) is 12.8 Å². The molecule has 0 saturated carbocycles. The average molecular weight is 407 g/mol. The van der Waals surface area contributed by atoms with Crippen LogP contribution in [0.4, 0.5) is 0 Å². The van der Waals surface area contributed by atoms with Crippen molar-refractivity contribution in [2.75, 3.05) is 0 Å². The number of unbranched alkanes of at least 4 members (excludes halogenated alkanes) is 12. The van der Waals surface area contributed by atoms with Crippen LogP contribution in [0.2, 0.25) is 0 Å². The molecule has 4 heteroatoms. The third kappa shape index (κ3) is 11.8. The second-order valence-corrected chi connectivity index (χ2v) is 7.92. The fourth-order valence-corrected chi connectivity index (χ4v) is 3.52. The molecule has 0 amide bonds. The molecule has 0 aromatic carbocycles. The highest BCUT2D eigenvalue weighted by molar-refractivity contribution is 5.89. The van der Waals surface area contributed by atoms with Gasteiger partial charge in [0.1, 0.15) is 0 Å². The normalized spacial score (nSPS) is 17.0. The zero-order valence-corrected chi connectivity index (χ0v) is 18.7. The molecule has 1 aliphatic heterocycles. The Morgan fingerprint density at radius 2 is 1.45 bits per heavy atom. The van der Waals surface area contributed by atoms with Gasteiger partial charge in [0.25, 0.3) is 5.76 Å². The van der Waals surface area contributed by atoms with E-state index >= 15 is 0 Å². The van der Waals surface area contributed by atoms with Gasteiger partial charge in [-0.1, -0.05) is 95.8 Å². The van der Waals surface area contributed by atoms with Crippen LogP contribution >= 0.6 is 0 Å². The fraction of sp³-hybridized carbons (Fsp3) is 0.720. The number of aliphatic hydroxyl groups is 1. The second kappa shape index (κ2) is 17.2. The molecule has 0 fully saturated rings. The zero-order valence-electron chi connectivity index (χ0n) is 18.7. The molecule has 29 heavy (non-hydrogen) atoms. The Bertz CT molecular complexity index is 519. The van der Waals surface area contributed by atoms with E-state index in [1.165, 1.54) is 83.3 Å². The summed E-state index contributed by atoms with van der Waals surface area (Å²) in [5.74, 6) is -0.776. The Hall–Kier alpha value is -1.71. The van der Waals surface area contributed by atoms with Crippen LogP contribution in [0.3, 0.4) is 0 Å². The standard InChI is InChI=1S/C25H42O4/c1-3-5-6-7-8-9-10-11-12-13-14-15-16-17-18-19-20-22-23(26)24(25(27)29-22)28-21-4-2/h4,17-18,21-22,26H,3,5-16,19-20H2,1-2H3/b18-17-,21-4?/t22-/m0/s1. The van der Waals surface area contributed by atoms with E-state index in [9.17, 15) is 9.90 Å². The number of cyclic esters (lactones) is 1. The monoisotopic (exact) mass is 406 g/mol. The lowest BCUT2D eigenvalue weighted by Gasteiger charge is -2.07. The van der Waals surface area contributed by atoms with Gasteiger partial charge in [0.15, 0.2) is 11.9 Å². The van der Waals surface area contributed by atoms with Crippen LogP contribution in [0, 0.1) is 0 Å². The van der Waals surface area contributed by atoms with Crippen molar-refractivity contribution in [3.05, 3.63) is 36.0 Å². The number of hydrogen-bond acceptors (Lipinski definition) is 4.